The lowest BCUT2D eigenvalue weighted by Gasteiger charge is -2.08. The van der Waals surface area contributed by atoms with Gasteiger partial charge in [0, 0.05) is 23.7 Å². The standard InChI is InChI=1S/C15H15ClFN.ClH/c1-11-5-7-12(8-6-11)9-18-10-13-14(16)3-2-4-15(13)17;/h2-8,18H,9-10H2,1H3;1H. The molecule has 0 bridgehead atoms. The normalized spacial score (nSPS) is 10.1. The van der Waals surface area contributed by atoms with Crippen LogP contribution in [0.2, 0.25) is 5.02 Å². The maximum atomic E-state index is 13.5. The van der Waals surface area contributed by atoms with Gasteiger partial charge in [0.15, 0.2) is 0 Å². The van der Waals surface area contributed by atoms with Crippen molar-refractivity contribution in [3.8, 4) is 0 Å². The lowest BCUT2D eigenvalue weighted by molar-refractivity contribution is 0.588. The molecule has 1 nitrogen and oxygen atoms in total. The summed E-state index contributed by atoms with van der Waals surface area (Å²) < 4.78 is 13.5. The number of rotatable bonds is 4. The third kappa shape index (κ3) is 4.50. The van der Waals surface area contributed by atoms with Gasteiger partial charge in [-0.3, -0.25) is 0 Å². The molecule has 0 aliphatic heterocycles. The monoisotopic (exact) mass is 299 g/mol. The molecule has 0 atom stereocenters. The van der Waals surface area contributed by atoms with Crippen molar-refractivity contribution in [3.05, 3.63) is 70.0 Å². The number of hydrogen-bond donors (Lipinski definition) is 1. The van der Waals surface area contributed by atoms with Crippen LogP contribution in [0, 0.1) is 12.7 Å². The Balaban J connectivity index is 0.00000180. The molecule has 0 amide bonds. The Bertz CT molecular complexity index is 506. The molecular weight excluding hydrogens is 284 g/mol. The molecule has 0 aliphatic carbocycles. The van der Waals surface area contributed by atoms with Gasteiger partial charge >= 0.3 is 0 Å². The zero-order valence-electron chi connectivity index (χ0n) is 10.6. The number of halogens is 3. The summed E-state index contributed by atoms with van der Waals surface area (Å²) in [4.78, 5) is 0. The summed E-state index contributed by atoms with van der Waals surface area (Å²) in [6.07, 6.45) is 0. The molecule has 4 heteroatoms. The molecule has 2 aromatic rings. The number of nitrogens with one attached hydrogen (secondary N) is 1. The maximum Gasteiger partial charge on any atom is 0.129 e. The molecule has 0 saturated carbocycles. The maximum absolute atomic E-state index is 13.5. The zero-order chi connectivity index (χ0) is 13.0. The van der Waals surface area contributed by atoms with Crippen LogP contribution in [0.5, 0.6) is 0 Å². The second kappa shape index (κ2) is 7.49. The van der Waals surface area contributed by atoms with Crippen LogP contribution in [0.1, 0.15) is 16.7 Å². The first kappa shape index (κ1) is 16.0. The van der Waals surface area contributed by atoms with Gasteiger partial charge in [-0.1, -0.05) is 47.5 Å². The highest BCUT2D eigenvalue weighted by Crippen LogP contribution is 2.18. The van der Waals surface area contributed by atoms with E-state index in [0.29, 0.717) is 23.7 Å². The highest BCUT2D eigenvalue weighted by molar-refractivity contribution is 6.31. The molecule has 2 rings (SSSR count). The van der Waals surface area contributed by atoms with Gasteiger partial charge in [-0.05, 0) is 24.6 Å². The first-order valence-electron chi connectivity index (χ1n) is 5.86. The average Bonchev–Trinajstić information content (AvgIpc) is 2.35. The molecule has 0 aromatic heterocycles. The van der Waals surface area contributed by atoms with Gasteiger partial charge in [-0.15, -0.1) is 12.4 Å². The van der Waals surface area contributed by atoms with E-state index >= 15 is 0 Å². The number of aryl methyl sites for hydroxylation is 1. The smallest absolute Gasteiger partial charge is 0.129 e. The molecule has 1 N–H and O–H groups in total. The number of hydrogen-bond acceptors (Lipinski definition) is 1. The molecule has 2 aromatic carbocycles. The fraction of sp³-hybridized carbons (Fsp3) is 0.200. The average molecular weight is 300 g/mol. The summed E-state index contributed by atoms with van der Waals surface area (Å²) in [7, 11) is 0. The van der Waals surface area contributed by atoms with E-state index in [1.165, 1.54) is 17.2 Å². The van der Waals surface area contributed by atoms with Gasteiger partial charge < -0.3 is 5.32 Å². The first-order valence-corrected chi connectivity index (χ1v) is 6.24. The zero-order valence-corrected chi connectivity index (χ0v) is 12.2. The SMILES string of the molecule is Cc1ccc(CNCc2c(F)cccc2Cl)cc1.Cl. The van der Waals surface area contributed by atoms with Crippen molar-refractivity contribution in [2.75, 3.05) is 0 Å². The molecule has 0 saturated heterocycles. The van der Waals surface area contributed by atoms with Gasteiger partial charge in [-0.25, -0.2) is 4.39 Å². The summed E-state index contributed by atoms with van der Waals surface area (Å²) in [6, 6.07) is 13.0. The Morgan fingerprint density at radius 3 is 2.37 bits per heavy atom. The third-order valence-corrected chi connectivity index (χ3v) is 3.17. The Hall–Kier alpha value is -1.09. The lowest BCUT2D eigenvalue weighted by Crippen LogP contribution is -2.14. The second-order valence-corrected chi connectivity index (χ2v) is 4.70. The van der Waals surface area contributed by atoms with E-state index in [1.54, 1.807) is 12.1 Å². The van der Waals surface area contributed by atoms with Crippen LogP contribution >= 0.6 is 24.0 Å². The van der Waals surface area contributed by atoms with Crippen LogP contribution in [-0.4, -0.2) is 0 Å². The van der Waals surface area contributed by atoms with Crippen molar-refractivity contribution < 1.29 is 4.39 Å². The summed E-state index contributed by atoms with van der Waals surface area (Å²) in [6.45, 7) is 3.18. The van der Waals surface area contributed by atoms with E-state index < -0.39 is 0 Å². The largest absolute Gasteiger partial charge is 0.308 e. The molecule has 102 valence electrons. The number of benzene rings is 2. The van der Waals surface area contributed by atoms with Gasteiger partial charge in [0.1, 0.15) is 5.82 Å². The molecule has 0 spiro atoms. The predicted molar refractivity (Wildman–Crippen MR) is 80.4 cm³/mol. The minimum Gasteiger partial charge on any atom is -0.308 e. The van der Waals surface area contributed by atoms with Gasteiger partial charge in [0.2, 0.25) is 0 Å². The van der Waals surface area contributed by atoms with Gasteiger partial charge in [0.25, 0.3) is 0 Å². The van der Waals surface area contributed by atoms with Crippen molar-refractivity contribution in [1.82, 2.24) is 5.32 Å². The molecule has 0 fully saturated rings. The van der Waals surface area contributed by atoms with Crippen LogP contribution in [0.15, 0.2) is 42.5 Å². The highest BCUT2D eigenvalue weighted by Gasteiger charge is 2.05. The summed E-state index contributed by atoms with van der Waals surface area (Å²) in [5.41, 5.74) is 2.93. The summed E-state index contributed by atoms with van der Waals surface area (Å²) in [5.74, 6) is -0.265. The molecule has 19 heavy (non-hydrogen) atoms. The van der Waals surface area contributed by atoms with Crippen molar-refractivity contribution >= 4 is 24.0 Å². The topological polar surface area (TPSA) is 12.0 Å². The Morgan fingerprint density at radius 2 is 1.74 bits per heavy atom. The molecule has 0 aliphatic rings. The van der Waals surface area contributed by atoms with Crippen molar-refractivity contribution in [2.45, 2.75) is 20.0 Å². The lowest BCUT2D eigenvalue weighted by atomic mass is 10.1. The minimum atomic E-state index is -0.265. The quantitative estimate of drug-likeness (QED) is 0.876. The van der Waals surface area contributed by atoms with Crippen LogP contribution in [0.4, 0.5) is 4.39 Å². The molecular formula is C15H16Cl2FN. The van der Waals surface area contributed by atoms with Crippen molar-refractivity contribution in [1.29, 1.82) is 0 Å². The Labute approximate surface area is 124 Å². The molecule has 0 radical (unpaired) electrons. The van der Waals surface area contributed by atoms with Gasteiger partial charge in [0.05, 0.1) is 0 Å². The first-order chi connectivity index (χ1) is 8.66. The fourth-order valence-electron chi connectivity index (χ4n) is 1.74. The molecule has 0 unspecified atom stereocenters. The van der Waals surface area contributed by atoms with E-state index in [-0.39, 0.29) is 18.2 Å². The van der Waals surface area contributed by atoms with E-state index in [2.05, 4.69) is 36.5 Å². The van der Waals surface area contributed by atoms with Crippen molar-refractivity contribution in [2.24, 2.45) is 0 Å². The summed E-state index contributed by atoms with van der Waals surface area (Å²) in [5, 5.41) is 3.66. The van der Waals surface area contributed by atoms with Crippen LogP contribution < -0.4 is 5.32 Å². The second-order valence-electron chi connectivity index (χ2n) is 4.29. The third-order valence-electron chi connectivity index (χ3n) is 2.81. The van der Waals surface area contributed by atoms with E-state index in [9.17, 15) is 4.39 Å². The van der Waals surface area contributed by atoms with Crippen LogP contribution in [0.3, 0.4) is 0 Å². The van der Waals surface area contributed by atoms with Crippen LogP contribution in [0.25, 0.3) is 0 Å². The predicted octanol–water partition coefficient (Wildman–Crippen LogP) is 4.50. The van der Waals surface area contributed by atoms with E-state index in [0.717, 1.165) is 0 Å². The molecule has 0 heterocycles. The summed E-state index contributed by atoms with van der Waals surface area (Å²) >= 11 is 5.95. The van der Waals surface area contributed by atoms with E-state index in [4.69, 9.17) is 11.6 Å². The fourth-order valence-corrected chi connectivity index (χ4v) is 1.97. The Morgan fingerprint density at radius 1 is 1.05 bits per heavy atom. The highest BCUT2D eigenvalue weighted by atomic mass is 35.5. The van der Waals surface area contributed by atoms with Gasteiger partial charge in [-0.2, -0.15) is 0 Å². The van der Waals surface area contributed by atoms with Crippen molar-refractivity contribution in [3.63, 3.8) is 0 Å². The van der Waals surface area contributed by atoms with E-state index in [1.807, 2.05) is 0 Å². The van der Waals surface area contributed by atoms with Crippen LogP contribution in [-0.2, 0) is 13.1 Å². The Kier molecular flexibility index (Phi) is 6.29. The minimum absolute atomic E-state index is 0.